The predicted octanol–water partition coefficient (Wildman–Crippen LogP) is 4.11. The van der Waals surface area contributed by atoms with E-state index in [1.807, 2.05) is 6.08 Å². The van der Waals surface area contributed by atoms with Crippen molar-refractivity contribution in [1.82, 2.24) is 4.90 Å². The van der Waals surface area contributed by atoms with Crippen LogP contribution in [0.25, 0.3) is 0 Å². The van der Waals surface area contributed by atoms with Crippen molar-refractivity contribution in [1.29, 1.82) is 0 Å². The van der Waals surface area contributed by atoms with E-state index in [2.05, 4.69) is 31.7 Å². The molecule has 3 fully saturated rings. The number of carboxylic acids is 1. The third-order valence-electron chi connectivity index (χ3n) is 8.93. The van der Waals surface area contributed by atoms with Crippen LogP contribution in [0.15, 0.2) is 12.2 Å². The maximum absolute atomic E-state index is 12.3. The van der Waals surface area contributed by atoms with Crippen LogP contribution in [-0.4, -0.2) is 34.5 Å². The molecule has 0 spiro atoms. The SMILES string of the molecule is CCN1C(=O)C=C[C@]2(C)C3CC[C@]4(C)[C@@H](CC(=O)O)CC[C@H]4C3CC[C@@H]12. The number of fused-ring (bicyclic) bond motifs is 5. The Bertz CT molecular complexity index is 643. The molecule has 1 amide bonds. The van der Waals surface area contributed by atoms with Crippen LogP contribution < -0.4 is 0 Å². The molecule has 4 aliphatic rings. The maximum Gasteiger partial charge on any atom is 0.303 e. The monoisotopic (exact) mass is 359 g/mol. The van der Waals surface area contributed by atoms with Crippen molar-refractivity contribution in [3.8, 4) is 0 Å². The molecule has 2 unspecified atom stereocenters. The van der Waals surface area contributed by atoms with Gasteiger partial charge in [-0.3, -0.25) is 9.59 Å². The quantitative estimate of drug-likeness (QED) is 0.825. The standard InChI is InChI=1S/C22H33NO3/c1-4-23-18-8-6-15-16-7-5-14(13-20(25)26)21(16,2)11-9-17(15)22(18,3)12-10-19(23)24/h10,12,14-18H,4-9,11,13H2,1-3H3,(H,25,26)/t14-,15?,16+,17?,18-,21-,22-/m1/s1. The minimum absolute atomic E-state index is 0.0824. The zero-order valence-electron chi connectivity index (χ0n) is 16.4. The fraction of sp³-hybridized carbons (Fsp3) is 0.818. The van der Waals surface area contributed by atoms with E-state index in [1.54, 1.807) is 0 Å². The van der Waals surface area contributed by atoms with Gasteiger partial charge in [0, 0.05) is 24.4 Å². The van der Waals surface area contributed by atoms with Gasteiger partial charge in [0.25, 0.3) is 0 Å². The third-order valence-corrected chi connectivity index (χ3v) is 8.93. The Morgan fingerprint density at radius 1 is 1.19 bits per heavy atom. The molecule has 0 aromatic rings. The highest BCUT2D eigenvalue weighted by Gasteiger charge is 2.60. The summed E-state index contributed by atoms with van der Waals surface area (Å²) in [5, 5.41) is 9.34. The number of hydrogen-bond acceptors (Lipinski definition) is 2. The molecule has 0 radical (unpaired) electrons. The number of likely N-dealkylation sites (N-methyl/N-ethyl adjacent to an activating group) is 1. The summed E-state index contributed by atoms with van der Waals surface area (Å²) in [6.07, 6.45) is 11.3. The van der Waals surface area contributed by atoms with Gasteiger partial charge < -0.3 is 10.0 Å². The van der Waals surface area contributed by atoms with E-state index in [0.29, 0.717) is 36.1 Å². The van der Waals surface area contributed by atoms with E-state index < -0.39 is 5.97 Å². The summed E-state index contributed by atoms with van der Waals surface area (Å²) in [5.41, 5.74) is 0.278. The number of amides is 1. The Morgan fingerprint density at radius 2 is 1.96 bits per heavy atom. The van der Waals surface area contributed by atoms with Crippen LogP contribution in [0.1, 0.15) is 65.7 Å². The predicted molar refractivity (Wildman–Crippen MR) is 100 cm³/mol. The van der Waals surface area contributed by atoms with Crippen LogP contribution in [0.5, 0.6) is 0 Å². The average molecular weight is 360 g/mol. The Balaban J connectivity index is 1.63. The molecule has 0 aromatic carbocycles. The molecule has 4 heteroatoms. The van der Waals surface area contributed by atoms with Gasteiger partial charge in [-0.2, -0.15) is 0 Å². The van der Waals surface area contributed by atoms with Crippen molar-refractivity contribution in [2.45, 2.75) is 71.8 Å². The van der Waals surface area contributed by atoms with Gasteiger partial charge in [0.15, 0.2) is 0 Å². The minimum Gasteiger partial charge on any atom is -0.481 e. The van der Waals surface area contributed by atoms with Crippen LogP contribution in [0.4, 0.5) is 0 Å². The maximum atomic E-state index is 12.3. The van der Waals surface area contributed by atoms with Gasteiger partial charge in [-0.05, 0) is 80.6 Å². The summed E-state index contributed by atoms with van der Waals surface area (Å²) >= 11 is 0. The molecular formula is C22H33NO3. The first-order valence-corrected chi connectivity index (χ1v) is 10.5. The summed E-state index contributed by atoms with van der Waals surface area (Å²) in [6.45, 7) is 7.64. The summed E-state index contributed by atoms with van der Waals surface area (Å²) in [7, 11) is 0. The molecule has 3 saturated carbocycles. The molecule has 4 nitrogen and oxygen atoms in total. The van der Waals surface area contributed by atoms with Gasteiger partial charge in [-0.1, -0.05) is 19.9 Å². The highest BCUT2D eigenvalue weighted by molar-refractivity contribution is 5.89. The van der Waals surface area contributed by atoms with Crippen LogP contribution in [0, 0.1) is 34.5 Å². The number of carbonyl (C=O) groups is 2. The Hall–Kier alpha value is -1.32. The molecule has 1 N–H and O–H groups in total. The van der Waals surface area contributed by atoms with E-state index >= 15 is 0 Å². The first-order valence-electron chi connectivity index (χ1n) is 10.5. The van der Waals surface area contributed by atoms with Gasteiger partial charge >= 0.3 is 5.97 Å². The van der Waals surface area contributed by atoms with Gasteiger partial charge in [0.2, 0.25) is 5.91 Å². The lowest BCUT2D eigenvalue weighted by atomic mass is 9.47. The summed E-state index contributed by atoms with van der Waals surface area (Å²) in [6, 6.07) is 0.340. The lowest BCUT2D eigenvalue weighted by Gasteiger charge is -2.60. The number of aliphatic carboxylic acids is 1. The Labute approximate surface area is 157 Å². The molecular weight excluding hydrogens is 326 g/mol. The molecule has 26 heavy (non-hydrogen) atoms. The second-order valence-corrected chi connectivity index (χ2v) is 9.71. The molecule has 144 valence electrons. The van der Waals surface area contributed by atoms with Crippen LogP contribution in [-0.2, 0) is 9.59 Å². The smallest absolute Gasteiger partial charge is 0.303 e. The van der Waals surface area contributed by atoms with Crippen molar-refractivity contribution in [2.24, 2.45) is 34.5 Å². The largest absolute Gasteiger partial charge is 0.481 e. The molecule has 4 rings (SSSR count). The summed E-state index contributed by atoms with van der Waals surface area (Å²) < 4.78 is 0. The number of rotatable bonds is 3. The van der Waals surface area contributed by atoms with Crippen molar-refractivity contribution >= 4 is 11.9 Å². The third kappa shape index (κ3) is 2.40. The molecule has 0 aromatic heterocycles. The topological polar surface area (TPSA) is 57.6 Å². The van der Waals surface area contributed by atoms with Gasteiger partial charge in [0.1, 0.15) is 0 Å². The van der Waals surface area contributed by atoms with E-state index in [0.717, 1.165) is 25.8 Å². The van der Waals surface area contributed by atoms with Crippen LogP contribution in [0.3, 0.4) is 0 Å². The summed E-state index contributed by atoms with van der Waals surface area (Å²) in [5.74, 6) is 1.85. The second-order valence-electron chi connectivity index (χ2n) is 9.71. The van der Waals surface area contributed by atoms with Gasteiger partial charge in [-0.15, -0.1) is 0 Å². The van der Waals surface area contributed by atoms with E-state index in [1.165, 1.54) is 19.3 Å². The van der Waals surface area contributed by atoms with E-state index in [4.69, 9.17) is 0 Å². The number of nitrogens with zero attached hydrogens (tertiary/aromatic N) is 1. The number of carbonyl (C=O) groups excluding carboxylic acids is 1. The fourth-order valence-electron chi connectivity index (χ4n) is 7.63. The fourth-order valence-corrected chi connectivity index (χ4v) is 7.63. The highest BCUT2D eigenvalue weighted by atomic mass is 16.4. The minimum atomic E-state index is -0.637. The Kier molecular flexibility index (Phi) is 4.24. The molecule has 0 bridgehead atoms. The molecule has 7 atom stereocenters. The number of carboxylic acid groups (broad SMARTS) is 1. The molecule has 1 aliphatic heterocycles. The first kappa shape index (κ1) is 18.1. The zero-order chi connectivity index (χ0) is 18.7. The van der Waals surface area contributed by atoms with Gasteiger partial charge in [-0.25, -0.2) is 0 Å². The van der Waals surface area contributed by atoms with Crippen molar-refractivity contribution in [3.63, 3.8) is 0 Å². The average Bonchev–Trinajstić information content (AvgIpc) is 2.91. The number of hydrogen-bond donors (Lipinski definition) is 1. The molecule has 1 heterocycles. The van der Waals surface area contributed by atoms with Crippen LogP contribution in [0.2, 0.25) is 0 Å². The first-order chi connectivity index (χ1) is 12.3. The second kappa shape index (κ2) is 6.10. The van der Waals surface area contributed by atoms with Crippen molar-refractivity contribution < 1.29 is 14.7 Å². The Morgan fingerprint density at radius 3 is 2.65 bits per heavy atom. The van der Waals surface area contributed by atoms with E-state index in [-0.39, 0.29) is 16.7 Å². The van der Waals surface area contributed by atoms with Crippen molar-refractivity contribution in [3.05, 3.63) is 12.2 Å². The normalized spacial score (nSPS) is 47.3. The van der Waals surface area contributed by atoms with E-state index in [9.17, 15) is 14.7 Å². The van der Waals surface area contributed by atoms with Crippen LogP contribution >= 0.6 is 0 Å². The summed E-state index contributed by atoms with van der Waals surface area (Å²) in [4.78, 5) is 25.8. The van der Waals surface area contributed by atoms with Crippen molar-refractivity contribution in [2.75, 3.05) is 6.54 Å². The highest BCUT2D eigenvalue weighted by Crippen LogP contribution is 2.65. The molecule has 3 aliphatic carbocycles. The zero-order valence-corrected chi connectivity index (χ0v) is 16.4. The molecule has 0 saturated heterocycles. The van der Waals surface area contributed by atoms with Gasteiger partial charge in [0.05, 0.1) is 0 Å². The lowest BCUT2D eigenvalue weighted by Crippen LogP contribution is -2.60. The lowest BCUT2D eigenvalue weighted by molar-refractivity contribution is -0.143.